The van der Waals surface area contributed by atoms with E-state index in [1.165, 1.54) is 19.1 Å². The van der Waals surface area contributed by atoms with E-state index in [9.17, 15) is 8.42 Å². The van der Waals surface area contributed by atoms with Crippen molar-refractivity contribution in [1.29, 1.82) is 0 Å². The third-order valence-corrected chi connectivity index (χ3v) is 4.55. The van der Waals surface area contributed by atoms with Gasteiger partial charge in [0.25, 0.3) is 0 Å². The zero-order valence-corrected chi connectivity index (χ0v) is 9.55. The van der Waals surface area contributed by atoms with Crippen molar-refractivity contribution in [2.75, 3.05) is 26.4 Å². The molecule has 1 aliphatic carbocycles. The summed E-state index contributed by atoms with van der Waals surface area (Å²) in [5, 5.41) is 3.32. The summed E-state index contributed by atoms with van der Waals surface area (Å²) in [6.45, 7) is 1.42. The van der Waals surface area contributed by atoms with E-state index in [0.29, 0.717) is 25.0 Å². The molecule has 0 spiro atoms. The largest absolute Gasteiger partial charge is 0.316 e. The molecule has 1 saturated carbocycles. The Morgan fingerprint density at radius 3 is 2.21 bits per heavy atom. The topological polar surface area (TPSA) is 49.4 Å². The number of hydrogen-bond donors (Lipinski definition) is 1. The van der Waals surface area contributed by atoms with Crippen LogP contribution >= 0.6 is 0 Å². The molecule has 4 nitrogen and oxygen atoms in total. The van der Waals surface area contributed by atoms with Crippen LogP contribution in [0.1, 0.15) is 12.8 Å². The number of nitrogens with zero attached hydrogens (tertiary/aromatic N) is 1. The summed E-state index contributed by atoms with van der Waals surface area (Å²) in [7, 11) is -0.962. The van der Waals surface area contributed by atoms with Crippen LogP contribution < -0.4 is 5.32 Å². The van der Waals surface area contributed by atoms with Crippen LogP contribution in [0.4, 0.5) is 0 Å². The molecule has 82 valence electrons. The fourth-order valence-electron chi connectivity index (χ4n) is 2.28. The zero-order chi connectivity index (χ0) is 10.3. The highest BCUT2D eigenvalue weighted by Crippen LogP contribution is 2.38. The maximum Gasteiger partial charge on any atom is 0.211 e. The quantitative estimate of drug-likeness (QED) is 0.715. The number of rotatable bonds is 4. The molecule has 0 aromatic heterocycles. The second-order valence-corrected chi connectivity index (χ2v) is 6.47. The maximum atomic E-state index is 11.2. The monoisotopic (exact) mass is 218 g/mol. The molecule has 14 heavy (non-hydrogen) atoms. The van der Waals surface area contributed by atoms with E-state index >= 15 is 0 Å². The number of hydrogen-bond acceptors (Lipinski definition) is 3. The molecule has 0 radical (unpaired) electrons. The van der Waals surface area contributed by atoms with Crippen molar-refractivity contribution < 1.29 is 8.42 Å². The zero-order valence-electron chi connectivity index (χ0n) is 8.73. The molecule has 2 aliphatic rings. The van der Waals surface area contributed by atoms with Gasteiger partial charge in [-0.2, -0.15) is 0 Å². The van der Waals surface area contributed by atoms with Crippen molar-refractivity contribution in [2.24, 2.45) is 11.8 Å². The SMILES string of the molecule is CNC(C1CC1)C1CN(S(C)(=O)=O)C1. The third kappa shape index (κ3) is 1.94. The molecule has 2 rings (SSSR count). The second-order valence-electron chi connectivity index (χ2n) is 4.49. The van der Waals surface area contributed by atoms with E-state index in [1.807, 2.05) is 7.05 Å². The molecule has 2 fully saturated rings. The maximum absolute atomic E-state index is 11.2. The lowest BCUT2D eigenvalue weighted by molar-refractivity contribution is 0.147. The van der Waals surface area contributed by atoms with Crippen molar-refractivity contribution in [2.45, 2.75) is 18.9 Å². The molecule has 0 amide bonds. The molecule has 0 bridgehead atoms. The molecule has 1 atom stereocenters. The van der Waals surface area contributed by atoms with Gasteiger partial charge in [0, 0.05) is 25.0 Å². The minimum Gasteiger partial charge on any atom is -0.316 e. The molecule has 1 unspecified atom stereocenters. The Morgan fingerprint density at radius 1 is 1.29 bits per heavy atom. The second kappa shape index (κ2) is 3.47. The standard InChI is InChI=1S/C9H18N2O2S/c1-10-9(7-3-4-7)8-5-11(6-8)14(2,12)13/h7-10H,3-6H2,1-2H3. The Labute approximate surface area is 85.7 Å². The van der Waals surface area contributed by atoms with E-state index in [4.69, 9.17) is 0 Å². The fraction of sp³-hybridized carbons (Fsp3) is 1.00. The van der Waals surface area contributed by atoms with Crippen molar-refractivity contribution in [1.82, 2.24) is 9.62 Å². The average molecular weight is 218 g/mol. The third-order valence-electron chi connectivity index (χ3n) is 3.32. The Morgan fingerprint density at radius 2 is 1.86 bits per heavy atom. The molecule has 0 aromatic rings. The van der Waals surface area contributed by atoms with Gasteiger partial charge in [-0.1, -0.05) is 0 Å². The predicted molar refractivity (Wildman–Crippen MR) is 55.5 cm³/mol. The van der Waals surface area contributed by atoms with Crippen LogP contribution in [0.2, 0.25) is 0 Å². The molecule has 1 aliphatic heterocycles. The number of nitrogens with one attached hydrogen (secondary N) is 1. The van der Waals surface area contributed by atoms with Gasteiger partial charge in [-0.15, -0.1) is 0 Å². The Balaban J connectivity index is 1.87. The Hall–Kier alpha value is -0.130. The predicted octanol–water partition coefficient (Wildman–Crippen LogP) is -0.124. The molecule has 1 heterocycles. The highest BCUT2D eigenvalue weighted by molar-refractivity contribution is 7.88. The van der Waals surface area contributed by atoms with Crippen LogP contribution in [0.5, 0.6) is 0 Å². The van der Waals surface area contributed by atoms with Crippen LogP contribution in [0, 0.1) is 11.8 Å². The fourth-order valence-corrected chi connectivity index (χ4v) is 3.20. The van der Waals surface area contributed by atoms with Crippen LogP contribution in [0.15, 0.2) is 0 Å². The minimum absolute atomic E-state index is 0.530. The molecule has 1 saturated heterocycles. The van der Waals surface area contributed by atoms with E-state index in [2.05, 4.69) is 5.32 Å². The van der Waals surface area contributed by atoms with Gasteiger partial charge >= 0.3 is 0 Å². The lowest BCUT2D eigenvalue weighted by atomic mass is 9.90. The molecule has 5 heteroatoms. The first-order chi connectivity index (χ1) is 6.52. The Kier molecular flexibility index (Phi) is 2.57. The molecule has 1 N–H and O–H groups in total. The Bertz CT molecular complexity index is 305. The van der Waals surface area contributed by atoms with Gasteiger partial charge in [0.05, 0.1) is 6.26 Å². The molecular formula is C9H18N2O2S. The molecule has 0 aromatic carbocycles. The van der Waals surface area contributed by atoms with Crippen molar-refractivity contribution in [3.05, 3.63) is 0 Å². The van der Waals surface area contributed by atoms with Crippen LogP contribution in [-0.2, 0) is 10.0 Å². The van der Waals surface area contributed by atoms with Crippen LogP contribution in [0.3, 0.4) is 0 Å². The first-order valence-corrected chi connectivity index (χ1v) is 6.99. The smallest absolute Gasteiger partial charge is 0.211 e. The van der Waals surface area contributed by atoms with E-state index in [-0.39, 0.29) is 0 Å². The van der Waals surface area contributed by atoms with Gasteiger partial charge in [0.15, 0.2) is 0 Å². The average Bonchev–Trinajstić information content (AvgIpc) is 2.74. The van der Waals surface area contributed by atoms with E-state index in [1.54, 1.807) is 4.31 Å². The van der Waals surface area contributed by atoms with Crippen molar-refractivity contribution in [3.63, 3.8) is 0 Å². The summed E-state index contributed by atoms with van der Waals surface area (Å²) in [5.41, 5.74) is 0. The van der Waals surface area contributed by atoms with Gasteiger partial charge in [0.1, 0.15) is 0 Å². The van der Waals surface area contributed by atoms with Gasteiger partial charge in [-0.3, -0.25) is 0 Å². The molecular weight excluding hydrogens is 200 g/mol. The highest BCUT2D eigenvalue weighted by Gasteiger charge is 2.43. The summed E-state index contributed by atoms with van der Waals surface area (Å²) in [6.07, 6.45) is 3.90. The lowest BCUT2D eigenvalue weighted by Crippen LogP contribution is -2.57. The van der Waals surface area contributed by atoms with Gasteiger partial charge in [-0.05, 0) is 25.8 Å². The van der Waals surface area contributed by atoms with Gasteiger partial charge in [0.2, 0.25) is 10.0 Å². The summed E-state index contributed by atoms with van der Waals surface area (Å²) in [4.78, 5) is 0. The van der Waals surface area contributed by atoms with E-state index in [0.717, 1.165) is 5.92 Å². The highest BCUT2D eigenvalue weighted by atomic mass is 32.2. The van der Waals surface area contributed by atoms with Crippen molar-refractivity contribution >= 4 is 10.0 Å². The first kappa shape index (κ1) is 10.4. The van der Waals surface area contributed by atoms with Gasteiger partial charge in [-0.25, -0.2) is 12.7 Å². The summed E-state index contributed by atoms with van der Waals surface area (Å²) in [5.74, 6) is 1.33. The summed E-state index contributed by atoms with van der Waals surface area (Å²) >= 11 is 0. The normalized spacial score (nSPS) is 27.3. The van der Waals surface area contributed by atoms with Gasteiger partial charge < -0.3 is 5.32 Å². The lowest BCUT2D eigenvalue weighted by Gasteiger charge is -2.41. The summed E-state index contributed by atoms with van der Waals surface area (Å²) < 4.78 is 23.9. The van der Waals surface area contributed by atoms with E-state index < -0.39 is 10.0 Å². The minimum atomic E-state index is -2.94. The number of sulfonamides is 1. The van der Waals surface area contributed by atoms with Crippen LogP contribution in [0.25, 0.3) is 0 Å². The van der Waals surface area contributed by atoms with Crippen molar-refractivity contribution in [3.8, 4) is 0 Å². The van der Waals surface area contributed by atoms with Crippen LogP contribution in [-0.4, -0.2) is 45.2 Å². The first-order valence-electron chi connectivity index (χ1n) is 5.14. The summed E-state index contributed by atoms with van der Waals surface area (Å²) in [6, 6.07) is 0.535.